The average molecular weight is 469 g/mol. The van der Waals surface area contributed by atoms with Crippen molar-refractivity contribution < 1.29 is 19.1 Å². The highest BCUT2D eigenvalue weighted by atomic mass is 32.1. The zero-order valence-corrected chi connectivity index (χ0v) is 20.0. The number of nitrogens with one attached hydrogen (secondary N) is 1. The number of amides is 2. The number of hydrogen-bond acceptors (Lipinski definition) is 5. The topological polar surface area (TPSA) is 75.7 Å². The van der Waals surface area contributed by atoms with Crippen molar-refractivity contribution in [2.75, 3.05) is 18.5 Å². The fraction of sp³-hybridized carbons (Fsp3) is 0.500. The van der Waals surface area contributed by atoms with Crippen molar-refractivity contribution in [3.8, 4) is 0 Å². The van der Waals surface area contributed by atoms with Crippen LogP contribution in [0.1, 0.15) is 83.0 Å². The molecule has 6 nitrogen and oxygen atoms in total. The number of esters is 1. The Morgan fingerprint density at radius 2 is 1.76 bits per heavy atom. The number of benzene rings is 1. The molecule has 1 saturated carbocycles. The highest BCUT2D eigenvalue weighted by Gasteiger charge is 2.30. The van der Waals surface area contributed by atoms with E-state index in [1.807, 2.05) is 18.2 Å². The Morgan fingerprint density at radius 3 is 2.48 bits per heavy atom. The molecule has 1 aromatic carbocycles. The largest absolute Gasteiger partial charge is 0.462 e. The maximum atomic E-state index is 13.3. The van der Waals surface area contributed by atoms with Crippen LogP contribution in [-0.2, 0) is 22.4 Å². The molecule has 0 saturated heterocycles. The summed E-state index contributed by atoms with van der Waals surface area (Å²) in [4.78, 5) is 42.1. The van der Waals surface area contributed by atoms with Gasteiger partial charge in [0.25, 0.3) is 5.91 Å². The minimum Gasteiger partial charge on any atom is -0.462 e. The number of anilines is 1. The quantitative estimate of drug-likeness (QED) is 0.566. The van der Waals surface area contributed by atoms with Gasteiger partial charge in [0.05, 0.1) is 12.2 Å². The van der Waals surface area contributed by atoms with Crippen LogP contribution in [-0.4, -0.2) is 41.9 Å². The number of nitrogens with zero attached hydrogens (tertiary/aromatic N) is 1. The number of fused-ring (bicyclic) bond motifs is 1. The van der Waals surface area contributed by atoms with Crippen LogP contribution < -0.4 is 5.32 Å². The number of thiophene rings is 1. The molecule has 176 valence electrons. The van der Waals surface area contributed by atoms with Gasteiger partial charge < -0.3 is 15.0 Å². The van der Waals surface area contributed by atoms with Gasteiger partial charge in [0.15, 0.2) is 0 Å². The summed E-state index contributed by atoms with van der Waals surface area (Å²) in [7, 11) is 0. The van der Waals surface area contributed by atoms with Crippen LogP contribution in [0.15, 0.2) is 30.3 Å². The summed E-state index contributed by atoms with van der Waals surface area (Å²) in [6, 6.07) is 9.20. The van der Waals surface area contributed by atoms with Gasteiger partial charge in [0, 0.05) is 16.5 Å². The summed E-state index contributed by atoms with van der Waals surface area (Å²) >= 11 is 1.48. The van der Waals surface area contributed by atoms with Crippen LogP contribution in [0, 0.1) is 0 Å². The zero-order valence-electron chi connectivity index (χ0n) is 19.2. The fourth-order valence-electron chi connectivity index (χ4n) is 4.90. The first-order valence-corrected chi connectivity index (χ1v) is 12.9. The van der Waals surface area contributed by atoms with E-state index in [0.29, 0.717) is 16.1 Å². The van der Waals surface area contributed by atoms with Crippen molar-refractivity contribution in [3.05, 3.63) is 51.9 Å². The number of rotatable bonds is 7. The molecular weight excluding hydrogens is 436 g/mol. The molecule has 0 radical (unpaired) electrons. The fourth-order valence-corrected chi connectivity index (χ4v) is 6.19. The summed E-state index contributed by atoms with van der Waals surface area (Å²) in [5.41, 5.74) is 2.11. The van der Waals surface area contributed by atoms with Crippen molar-refractivity contribution in [1.29, 1.82) is 0 Å². The number of carbonyl (C=O) groups excluding carboxylic acids is 3. The van der Waals surface area contributed by atoms with Crippen LogP contribution in [0.4, 0.5) is 5.00 Å². The third kappa shape index (κ3) is 5.46. The van der Waals surface area contributed by atoms with Crippen molar-refractivity contribution in [3.63, 3.8) is 0 Å². The average Bonchev–Trinajstić information content (AvgIpc) is 3.21. The van der Waals surface area contributed by atoms with E-state index >= 15 is 0 Å². The van der Waals surface area contributed by atoms with E-state index in [2.05, 4.69) is 5.32 Å². The third-order valence-electron chi connectivity index (χ3n) is 6.51. The van der Waals surface area contributed by atoms with E-state index in [0.717, 1.165) is 61.8 Å². The summed E-state index contributed by atoms with van der Waals surface area (Å²) in [6.07, 6.45) is 8.99. The first kappa shape index (κ1) is 23.5. The molecule has 1 aromatic heterocycles. The lowest BCUT2D eigenvalue weighted by Crippen LogP contribution is -2.45. The summed E-state index contributed by atoms with van der Waals surface area (Å²) < 4.78 is 5.30. The molecule has 2 aliphatic carbocycles. The Bertz CT molecular complexity index is 995. The van der Waals surface area contributed by atoms with Crippen molar-refractivity contribution >= 4 is 34.1 Å². The highest BCUT2D eigenvalue weighted by molar-refractivity contribution is 7.17. The zero-order chi connectivity index (χ0) is 23.2. The number of aryl methyl sites for hydroxylation is 1. The molecule has 2 aliphatic rings. The summed E-state index contributed by atoms with van der Waals surface area (Å²) in [6.45, 7) is 2.05. The Morgan fingerprint density at radius 1 is 1.03 bits per heavy atom. The Labute approximate surface area is 199 Å². The number of ether oxygens (including phenoxy) is 1. The maximum Gasteiger partial charge on any atom is 0.341 e. The Kier molecular flexibility index (Phi) is 7.81. The first-order chi connectivity index (χ1) is 16.1. The number of hydrogen-bond donors (Lipinski definition) is 1. The molecule has 33 heavy (non-hydrogen) atoms. The lowest BCUT2D eigenvalue weighted by molar-refractivity contribution is -0.117. The minimum absolute atomic E-state index is 0.0246. The molecule has 2 amide bonds. The van der Waals surface area contributed by atoms with E-state index in [-0.39, 0.29) is 37.0 Å². The van der Waals surface area contributed by atoms with Crippen LogP contribution in [0.5, 0.6) is 0 Å². The summed E-state index contributed by atoms with van der Waals surface area (Å²) in [5.74, 6) is -0.764. The van der Waals surface area contributed by atoms with Gasteiger partial charge in [-0.25, -0.2) is 4.79 Å². The van der Waals surface area contributed by atoms with Gasteiger partial charge in [-0.3, -0.25) is 9.59 Å². The normalized spacial score (nSPS) is 16.0. The van der Waals surface area contributed by atoms with E-state index in [4.69, 9.17) is 4.74 Å². The predicted octanol–water partition coefficient (Wildman–Crippen LogP) is 5.22. The predicted molar refractivity (Wildman–Crippen MR) is 130 cm³/mol. The molecule has 0 bridgehead atoms. The van der Waals surface area contributed by atoms with E-state index in [9.17, 15) is 14.4 Å². The summed E-state index contributed by atoms with van der Waals surface area (Å²) in [5, 5.41) is 3.52. The van der Waals surface area contributed by atoms with Crippen LogP contribution >= 0.6 is 11.3 Å². The molecule has 0 aliphatic heterocycles. The monoisotopic (exact) mass is 468 g/mol. The van der Waals surface area contributed by atoms with Gasteiger partial charge in [0.1, 0.15) is 11.5 Å². The lowest BCUT2D eigenvalue weighted by atomic mass is 9.93. The molecule has 1 fully saturated rings. The van der Waals surface area contributed by atoms with Gasteiger partial charge in [0.2, 0.25) is 5.91 Å². The van der Waals surface area contributed by atoms with Gasteiger partial charge in [-0.05, 0) is 63.1 Å². The molecule has 0 spiro atoms. The van der Waals surface area contributed by atoms with Crippen molar-refractivity contribution in [2.24, 2.45) is 0 Å². The molecule has 0 unspecified atom stereocenters. The van der Waals surface area contributed by atoms with Gasteiger partial charge >= 0.3 is 5.97 Å². The molecular formula is C26H32N2O4S. The highest BCUT2D eigenvalue weighted by Crippen LogP contribution is 2.38. The second-order valence-corrected chi connectivity index (χ2v) is 9.88. The van der Waals surface area contributed by atoms with Gasteiger partial charge in [-0.1, -0.05) is 37.5 Å². The molecule has 2 aromatic rings. The molecule has 7 heteroatoms. The van der Waals surface area contributed by atoms with Crippen molar-refractivity contribution in [1.82, 2.24) is 4.90 Å². The van der Waals surface area contributed by atoms with Crippen LogP contribution in [0.2, 0.25) is 0 Å². The van der Waals surface area contributed by atoms with Gasteiger partial charge in [-0.2, -0.15) is 0 Å². The number of carbonyl (C=O) groups is 3. The van der Waals surface area contributed by atoms with Crippen molar-refractivity contribution in [2.45, 2.75) is 70.8 Å². The Balaban J connectivity index is 1.56. The lowest BCUT2D eigenvalue weighted by Gasteiger charge is -2.34. The Hall–Kier alpha value is -2.67. The van der Waals surface area contributed by atoms with Gasteiger partial charge in [-0.15, -0.1) is 11.3 Å². The van der Waals surface area contributed by atoms with E-state index < -0.39 is 0 Å². The second-order valence-electron chi connectivity index (χ2n) is 8.77. The molecule has 1 heterocycles. The van der Waals surface area contributed by atoms with E-state index in [1.54, 1.807) is 24.0 Å². The molecule has 0 atom stereocenters. The molecule has 4 rings (SSSR count). The maximum absolute atomic E-state index is 13.3. The van der Waals surface area contributed by atoms with Crippen LogP contribution in [0.3, 0.4) is 0 Å². The minimum atomic E-state index is -0.378. The third-order valence-corrected chi connectivity index (χ3v) is 7.72. The van der Waals surface area contributed by atoms with Crippen LogP contribution in [0.25, 0.3) is 0 Å². The SMILES string of the molecule is CCOC(=O)c1c(NC(=O)CN(C(=O)c2ccccc2)C2CCCCC2)sc2c1CCCC2. The standard InChI is InChI=1S/C26H32N2O4S/c1-2-32-26(31)23-20-15-9-10-16-21(20)33-24(23)27-22(29)17-28(19-13-7-4-8-14-19)25(30)18-11-5-3-6-12-18/h3,5-6,11-12,19H,2,4,7-10,13-17H2,1H3,(H,27,29). The first-order valence-electron chi connectivity index (χ1n) is 12.1. The molecule has 1 N–H and O–H groups in total. The second kappa shape index (κ2) is 11.0. The van der Waals surface area contributed by atoms with E-state index in [1.165, 1.54) is 17.8 Å². The smallest absolute Gasteiger partial charge is 0.341 e.